The van der Waals surface area contributed by atoms with Crippen LogP contribution in [0.4, 0.5) is 10.5 Å². The summed E-state index contributed by atoms with van der Waals surface area (Å²) in [5, 5.41) is 17.1. The summed E-state index contributed by atoms with van der Waals surface area (Å²) in [6.07, 6.45) is -0.351. The molecule has 6 heteroatoms. The second-order valence-electron chi connectivity index (χ2n) is 4.11. The minimum absolute atomic E-state index is 0.128. The van der Waals surface area contributed by atoms with Gasteiger partial charge in [-0.1, -0.05) is 12.1 Å². The van der Waals surface area contributed by atoms with Crippen molar-refractivity contribution in [2.24, 2.45) is 0 Å². The Morgan fingerprint density at radius 2 is 2.11 bits per heavy atom. The lowest BCUT2D eigenvalue weighted by atomic mass is 10.1. The van der Waals surface area contributed by atoms with E-state index >= 15 is 0 Å². The average Bonchev–Trinajstić information content (AvgIpc) is 2.38. The minimum Gasteiger partial charge on any atom is -0.389 e. The van der Waals surface area contributed by atoms with Crippen molar-refractivity contribution in [3.63, 3.8) is 0 Å². The molecule has 0 saturated carbocycles. The second kappa shape index (κ2) is 7.38. The zero-order valence-corrected chi connectivity index (χ0v) is 11.1. The van der Waals surface area contributed by atoms with Gasteiger partial charge in [0.05, 0.1) is 6.10 Å². The van der Waals surface area contributed by atoms with Crippen LogP contribution in [0, 0.1) is 0 Å². The molecule has 0 aromatic heterocycles. The SMILES string of the molecule is CNC(=O)CCNC(=O)Nc1cccc(C(C)O)c1. The van der Waals surface area contributed by atoms with Crippen LogP contribution < -0.4 is 16.0 Å². The number of nitrogens with one attached hydrogen (secondary N) is 3. The summed E-state index contributed by atoms with van der Waals surface area (Å²) in [4.78, 5) is 22.5. The maximum atomic E-state index is 11.5. The summed E-state index contributed by atoms with van der Waals surface area (Å²) in [6.45, 7) is 1.92. The van der Waals surface area contributed by atoms with Crippen molar-refractivity contribution in [3.8, 4) is 0 Å². The van der Waals surface area contributed by atoms with E-state index in [9.17, 15) is 14.7 Å². The lowest BCUT2D eigenvalue weighted by molar-refractivity contribution is -0.120. The lowest BCUT2D eigenvalue weighted by Crippen LogP contribution is -2.32. The van der Waals surface area contributed by atoms with Crippen LogP contribution >= 0.6 is 0 Å². The van der Waals surface area contributed by atoms with E-state index in [2.05, 4.69) is 16.0 Å². The van der Waals surface area contributed by atoms with Crippen LogP contribution in [0.1, 0.15) is 25.0 Å². The Bertz CT molecular complexity index is 447. The highest BCUT2D eigenvalue weighted by Gasteiger charge is 2.05. The molecular weight excluding hydrogens is 246 g/mol. The number of aliphatic hydroxyl groups excluding tert-OH is 1. The van der Waals surface area contributed by atoms with Crippen molar-refractivity contribution < 1.29 is 14.7 Å². The zero-order chi connectivity index (χ0) is 14.3. The number of aliphatic hydroxyl groups is 1. The van der Waals surface area contributed by atoms with Gasteiger partial charge in [-0.05, 0) is 24.6 Å². The third-order valence-corrected chi connectivity index (χ3v) is 2.54. The molecule has 4 N–H and O–H groups in total. The molecular formula is C13H19N3O3. The van der Waals surface area contributed by atoms with E-state index < -0.39 is 6.10 Å². The number of urea groups is 1. The van der Waals surface area contributed by atoms with Crippen LogP contribution in [0.3, 0.4) is 0 Å². The number of hydrogen-bond acceptors (Lipinski definition) is 3. The lowest BCUT2D eigenvalue weighted by Gasteiger charge is -2.10. The first-order chi connectivity index (χ1) is 9.02. The van der Waals surface area contributed by atoms with Crippen molar-refractivity contribution in [3.05, 3.63) is 29.8 Å². The Kier molecular flexibility index (Phi) is 5.81. The second-order valence-corrected chi connectivity index (χ2v) is 4.11. The summed E-state index contributed by atoms with van der Waals surface area (Å²) in [6, 6.07) is 6.57. The van der Waals surface area contributed by atoms with E-state index in [4.69, 9.17) is 0 Å². The number of carbonyl (C=O) groups is 2. The predicted octanol–water partition coefficient (Wildman–Crippen LogP) is 0.997. The number of benzene rings is 1. The molecule has 0 heterocycles. The molecule has 104 valence electrons. The van der Waals surface area contributed by atoms with Gasteiger partial charge >= 0.3 is 6.03 Å². The van der Waals surface area contributed by atoms with Gasteiger partial charge in [0.15, 0.2) is 0 Å². The van der Waals surface area contributed by atoms with Gasteiger partial charge in [0.2, 0.25) is 5.91 Å². The van der Waals surface area contributed by atoms with Gasteiger partial charge in [-0.25, -0.2) is 4.79 Å². The molecule has 19 heavy (non-hydrogen) atoms. The van der Waals surface area contributed by atoms with Crippen LogP contribution in [0.5, 0.6) is 0 Å². The smallest absolute Gasteiger partial charge is 0.319 e. The third-order valence-electron chi connectivity index (χ3n) is 2.54. The summed E-state index contributed by atoms with van der Waals surface area (Å²) >= 11 is 0. The molecule has 0 bridgehead atoms. The normalized spacial score (nSPS) is 11.5. The Morgan fingerprint density at radius 1 is 1.37 bits per heavy atom. The number of carbonyl (C=O) groups excluding carboxylic acids is 2. The van der Waals surface area contributed by atoms with Gasteiger partial charge in [-0.3, -0.25) is 4.79 Å². The molecule has 3 amide bonds. The van der Waals surface area contributed by atoms with Crippen LogP contribution in [-0.4, -0.2) is 30.6 Å². The van der Waals surface area contributed by atoms with E-state index in [-0.39, 0.29) is 24.9 Å². The van der Waals surface area contributed by atoms with E-state index in [1.807, 2.05) is 0 Å². The Balaban J connectivity index is 2.44. The van der Waals surface area contributed by atoms with Gasteiger partial charge < -0.3 is 21.1 Å². The first-order valence-electron chi connectivity index (χ1n) is 6.06. The fraction of sp³-hybridized carbons (Fsp3) is 0.385. The molecule has 1 atom stereocenters. The fourth-order valence-electron chi connectivity index (χ4n) is 1.47. The van der Waals surface area contributed by atoms with Gasteiger partial charge in [-0.15, -0.1) is 0 Å². The minimum atomic E-state index is -0.585. The van der Waals surface area contributed by atoms with Gasteiger partial charge in [0.25, 0.3) is 0 Å². The highest BCUT2D eigenvalue weighted by atomic mass is 16.3. The van der Waals surface area contributed by atoms with Crippen molar-refractivity contribution in [1.29, 1.82) is 0 Å². The molecule has 0 radical (unpaired) electrons. The van der Waals surface area contributed by atoms with Crippen LogP contribution in [0.15, 0.2) is 24.3 Å². The van der Waals surface area contributed by atoms with E-state index in [1.165, 1.54) is 0 Å². The molecule has 1 aromatic carbocycles. The molecule has 0 aliphatic heterocycles. The van der Waals surface area contributed by atoms with Crippen LogP contribution in [0.25, 0.3) is 0 Å². The maximum absolute atomic E-state index is 11.5. The Labute approximate surface area is 112 Å². The molecule has 0 fully saturated rings. The predicted molar refractivity (Wildman–Crippen MR) is 72.8 cm³/mol. The average molecular weight is 265 g/mol. The maximum Gasteiger partial charge on any atom is 0.319 e. The number of hydrogen-bond donors (Lipinski definition) is 4. The summed E-state index contributed by atoms with van der Waals surface area (Å²) in [5.74, 6) is -0.128. The number of amides is 3. The topological polar surface area (TPSA) is 90.5 Å². The van der Waals surface area contributed by atoms with E-state index in [0.717, 1.165) is 5.56 Å². The van der Waals surface area contributed by atoms with Gasteiger partial charge in [0, 0.05) is 25.7 Å². The van der Waals surface area contributed by atoms with Crippen molar-refractivity contribution >= 4 is 17.6 Å². The Morgan fingerprint density at radius 3 is 2.74 bits per heavy atom. The van der Waals surface area contributed by atoms with Crippen LogP contribution in [-0.2, 0) is 4.79 Å². The molecule has 1 unspecified atom stereocenters. The highest BCUT2D eigenvalue weighted by molar-refractivity contribution is 5.89. The molecule has 0 aliphatic rings. The molecule has 0 saturated heterocycles. The van der Waals surface area contributed by atoms with Crippen molar-refractivity contribution in [2.45, 2.75) is 19.4 Å². The van der Waals surface area contributed by atoms with Gasteiger partial charge in [-0.2, -0.15) is 0 Å². The fourth-order valence-corrected chi connectivity index (χ4v) is 1.47. The van der Waals surface area contributed by atoms with Crippen molar-refractivity contribution in [1.82, 2.24) is 10.6 Å². The first-order valence-corrected chi connectivity index (χ1v) is 6.06. The summed E-state index contributed by atoms with van der Waals surface area (Å²) < 4.78 is 0. The molecule has 1 aromatic rings. The largest absolute Gasteiger partial charge is 0.389 e. The molecule has 1 rings (SSSR count). The zero-order valence-electron chi connectivity index (χ0n) is 11.1. The number of anilines is 1. The standard InChI is InChI=1S/C13H19N3O3/c1-9(17)10-4-3-5-11(8-10)16-13(19)15-7-6-12(18)14-2/h3-5,8-9,17H,6-7H2,1-2H3,(H,14,18)(H2,15,16,19). The van der Waals surface area contributed by atoms with Gasteiger partial charge in [0.1, 0.15) is 0 Å². The molecule has 0 spiro atoms. The quantitative estimate of drug-likeness (QED) is 0.640. The van der Waals surface area contributed by atoms with E-state index in [1.54, 1.807) is 38.2 Å². The monoisotopic (exact) mass is 265 g/mol. The summed E-state index contributed by atoms with van der Waals surface area (Å²) in [5.41, 5.74) is 1.32. The highest BCUT2D eigenvalue weighted by Crippen LogP contribution is 2.16. The van der Waals surface area contributed by atoms with Crippen LogP contribution in [0.2, 0.25) is 0 Å². The molecule has 6 nitrogen and oxygen atoms in total. The van der Waals surface area contributed by atoms with E-state index in [0.29, 0.717) is 5.69 Å². The first kappa shape index (κ1) is 15.0. The third kappa shape index (κ3) is 5.39. The number of rotatable bonds is 5. The van der Waals surface area contributed by atoms with Crippen molar-refractivity contribution in [2.75, 3.05) is 18.9 Å². The molecule has 0 aliphatic carbocycles. The Hall–Kier alpha value is -2.08. The summed E-state index contributed by atoms with van der Waals surface area (Å²) in [7, 11) is 1.55.